The molecule has 3 rings (SSSR count). The van der Waals surface area contributed by atoms with Gasteiger partial charge in [0.1, 0.15) is 0 Å². The largest absolute Gasteiger partial charge is 0.493 e. The van der Waals surface area contributed by atoms with E-state index in [0.29, 0.717) is 18.3 Å². The molecule has 7 heteroatoms. The molecular weight excluding hydrogens is 368 g/mol. The quantitative estimate of drug-likeness (QED) is 0.473. The molecule has 1 saturated carbocycles. The Morgan fingerprint density at radius 2 is 1.90 bits per heavy atom. The molecular formula is C22H30N4O3. The van der Waals surface area contributed by atoms with E-state index in [1.54, 1.807) is 27.5 Å². The van der Waals surface area contributed by atoms with Crippen LogP contribution >= 0.6 is 0 Å². The number of aromatic nitrogens is 1. The van der Waals surface area contributed by atoms with Gasteiger partial charge >= 0.3 is 0 Å². The van der Waals surface area contributed by atoms with Crippen LogP contribution in [0.25, 0.3) is 0 Å². The zero-order valence-electron chi connectivity index (χ0n) is 17.4. The minimum Gasteiger partial charge on any atom is -0.493 e. The van der Waals surface area contributed by atoms with Crippen molar-refractivity contribution in [2.75, 3.05) is 34.4 Å². The predicted octanol–water partition coefficient (Wildman–Crippen LogP) is 2.80. The van der Waals surface area contributed by atoms with Gasteiger partial charge in [0.05, 0.1) is 20.8 Å². The Kier molecular flexibility index (Phi) is 7.55. The maximum Gasteiger partial charge on any atom is 0.213 e. The third kappa shape index (κ3) is 6.55. The van der Waals surface area contributed by atoms with Crippen molar-refractivity contribution in [2.24, 2.45) is 10.9 Å². The molecule has 0 amide bonds. The summed E-state index contributed by atoms with van der Waals surface area (Å²) in [6.07, 6.45) is 5.17. The SMILES string of the molecule is CN=C(NCCc1ccc(OC)c(OC)c1)NCc1ccnc(OCC2CC2)c1. The molecule has 0 radical (unpaired) electrons. The number of nitrogens with one attached hydrogen (secondary N) is 2. The number of rotatable bonds is 10. The van der Waals surface area contributed by atoms with Crippen molar-refractivity contribution < 1.29 is 14.2 Å². The van der Waals surface area contributed by atoms with Crippen LogP contribution in [0.4, 0.5) is 0 Å². The van der Waals surface area contributed by atoms with Crippen LogP contribution in [0, 0.1) is 5.92 Å². The van der Waals surface area contributed by atoms with E-state index in [0.717, 1.165) is 48.2 Å². The van der Waals surface area contributed by atoms with Crippen LogP contribution in [-0.4, -0.2) is 45.4 Å². The number of aliphatic imine (C=N–C) groups is 1. The van der Waals surface area contributed by atoms with Crippen molar-refractivity contribution in [2.45, 2.75) is 25.8 Å². The molecule has 1 heterocycles. The predicted molar refractivity (Wildman–Crippen MR) is 114 cm³/mol. The second kappa shape index (κ2) is 10.5. The lowest BCUT2D eigenvalue weighted by molar-refractivity contribution is 0.288. The van der Waals surface area contributed by atoms with Gasteiger partial charge in [-0.1, -0.05) is 6.07 Å². The van der Waals surface area contributed by atoms with E-state index in [4.69, 9.17) is 14.2 Å². The van der Waals surface area contributed by atoms with Gasteiger partial charge in [-0.25, -0.2) is 4.98 Å². The zero-order chi connectivity index (χ0) is 20.5. The first-order valence-corrected chi connectivity index (χ1v) is 9.95. The van der Waals surface area contributed by atoms with Crippen LogP contribution in [0.3, 0.4) is 0 Å². The lowest BCUT2D eigenvalue weighted by Crippen LogP contribution is -2.37. The van der Waals surface area contributed by atoms with Crippen LogP contribution in [0.1, 0.15) is 24.0 Å². The molecule has 7 nitrogen and oxygen atoms in total. The van der Waals surface area contributed by atoms with Gasteiger partial charge in [-0.3, -0.25) is 4.99 Å². The number of methoxy groups -OCH3 is 2. The fourth-order valence-electron chi connectivity index (χ4n) is 2.89. The molecule has 2 aromatic rings. The van der Waals surface area contributed by atoms with Crippen molar-refractivity contribution in [1.82, 2.24) is 15.6 Å². The van der Waals surface area contributed by atoms with Gasteiger partial charge in [-0.15, -0.1) is 0 Å². The summed E-state index contributed by atoms with van der Waals surface area (Å²) < 4.78 is 16.4. The maximum atomic E-state index is 5.75. The fourth-order valence-corrected chi connectivity index (χ4v) is 2.89. The van der Waals surface area contributed by atoms with Crippen LogP contribution in [0.2, 0.25) is 0 Å². The lowest BCUT2D eigenvalue weighted by Gasteiger charge is -2.13. The van der Waals surface area contributed by atoms with E-state index in [1.165, 1.54) is 12.8 Å². The van der Waals surface area contributed by atoms with Crippen molar-refractivity contribution in [3.05, 3.63) is 47.7 Å². The summed E-state index contributed by atoms with van der Waals surface area (Å²) in [4.78, 5) is 8.57. The number of guanidine groups is 1. The van der Waals surface area contributed by atoms with Crippen LogP contribution in [0.15, 0.2) is 41.5 Å². The number of hydrogen-bond acceptors (Lipinski definition) is 5. The zero-order valence-corrected chi connectivity index (χ0v) is 17.4. The molecule has 1 aromatic heterocycles. The van der Waals surface area contributed by atoms with Crippen LogP contribution < -0.4 is 24.8 Å². The summed E-state index contributed by atoms with van der Waals surface area (Å²) in [5.41, 5.74) is 2.27. The van der Waals surface area contributed by atoms with Crippen LogP contribution in [0.5, 0.6) is 17.4 Å². The van der Waals surface area contributed by atoms with E-state index >= 15 is 0 Å². The molecule has 1 aliphatic rings. The normalized spacial score (nSPS) is 13.7. The van der Waals surface area contributed by atoms with E-state index in [1.807, 2.05) is 30.3 Å². The maximum absolute atomic E-state index is 5.75. The summed E-state index contributed by atoms with van der Waals surface area (Å²) in [6.45, 7) is 2.17. The topological polar surface area (TPSA) is 77.0 Å². The first kappa shape index (κ1) is 20.8. The fraction of sp³-hybridized carbons (Fsp3) is 0.455. The van der Waals surface area contributed by atoms with Crippen molar-refractivity contribution in [1.29, 1.82) is 0 Å². The monoisotopic (exact) mass is 398 g/mol. The van der Waals surface area contributed by atoms with Gasteiger partial charge < -0.3 is 24.8 Å². The first-order valence-electron chi connectivity index (χ1n) is 9.95. The Morgan fingerprint density at radius 1 is 1.07 bits per heavy atom. The highest BCUT2D eigenvalue weighted by molar-refractivity contribution is 5.79. The minimum absolute atomic E-state index is 0.651. The number of pyridine rings is 1. The van der Waals surface area contributed by atoms with Crippen molar-refractivity contribution in [3.8, 4) is 17.4 Å². The summed E-state index contributed by atoms with van der Waals surface area (Å²) in [6, 6.07) is 9.92. The van der Waals surface area contributed by atoms with E-state index < -0.39 is 0 Å². The number of benzene rings is 1. The van der Waals surface area contributed by atoms with Gasteiger partial charge in [0.2, 0.25) is 5.88 Å². The molecule has 1 aromatic carbocycles. The van der Waals surface area contributed by atoms with Gasteiger partial charge in [0.25, 0.3) is 0 Å². The summed E-state index contributed by atoms with van der Waals surface area (Å²) >= 11 is 0. The van der Waals surface area contributed by atoms with Gasteiger partial charge in [-0.2, -0.15) is 0 Å². The number of hydrogen-bond donors (Lipinski definition) is 2. The standard InChI is InChI=1S/C22H30N4O3/c1-23-22(25-11-8-16-6-7-19(27-2)20(12-16)28-3)26-14-18-9-10-24-21(13-18)29-15-17-4-5-17/h6-7,9-10,12-13,17H,4-5,8,11,14-15H2,1-3H3,(H2,23,25,26). The number of ether oxygens (including phenoxy) is 3. The van der Waals surface area contributed by atoms with Crippen molar-refractivity contribution in [3.63, 3.8) is 0 Å². The summed E-state index contributed by atoms with van der Waals surface area (Å²) in [5, 5.41) is 6.67. The smallest absolute Gasteiger partial charge is 0.213 e. The highest BCUT2D eigenvalue weighted by Gasteiger charge is 2.22. The Bertz CT molecular complexity index is 821. The molecule has 0 bridgehead atoms. The minimum atomic E-state index is 0.651. The lowest BCUT2D eigenvalue weighted by atomic mass is 10.1. The molecule has 0 spiro atoms. The third-order valence-electron chi connectivity index (χ3n) is 4.80. The van der Waals surface area contributed by atoms with Crippen LogP contribution in [-0.2, 0) is 13.0 Å². The van der Waals surface area contributed by atoms with Gasteiger partial charge in [0, 0.05) is 32.4 Å². The Labute approximate surface area is 172 Å². The van der Waals surface area contributed by atoms with E-state index in [2.05, 4.69) is 20.6 Å². The summed E-state index contributed by atoms with van der Waals surface area (Å²) in [7, 11) is 5.05. The highest BCUT2D eigenvalue weighted by Crippen LogP contribution is 2.29. The average molecular weight is 399 g/mol. The Morgan fingerprint density at radius 3 is 2.62 bits per heavy atom. The van der Waals surface area contributed by atoms with Gasteiger partial charge in [-0.05, 0) is 54.5 Å². The number of nitrogens with zero attached hydrogens (tertiary/aromatic N) is 2. The molecule has 1 aliphatic carbocycles. The second-order valence-electron chi connectivity index (χ2n) is 7.05. The Balaban J connectivity index is 1.44. The summed E-state index contributed by atoms with van der Waals surface area (Å²) in [5.74, 6) is 3.63. The molecule has 0 unspecified atom stereocenters. The molecule has 0 saturated heterocycles. The van der Waals surface area contributed by atoms with E-state index in [9.17, 15) is 0 Å². The Hall–Kier alpha value is -2.96. The van der Waals surface area contributed by atoms with Crippen molar-refractivity contribution >= 4 is 5.96 Å². The molecule has 29 heavy (non-hydrogen) atoms. The van der Waals surface area contributed by atoms with E-state index in [-0.39, 0.29) is 0 Å². The molecule has 0 atom stereocenters. The average Bonchev–Trinajstić information content (AvgIpc) is 3.59. The first-order chi connectivity index (χ1) is 14.2. The second-order valence-corrected chi connectivity index (χ2v) is 7.05. The molecule has 1 fully saturated rings. The molecule has 156 valence electrons. The van der Waals surface area contributed by atoms with Gasteiger partial charge in [0.15, 0.2) is 17.5 Å². The molecule has 0 aliphatic heterocycles. The molecule has 2 N–H and O–H groups in total. The highest BCUT2D eigenvalue weighted by atomic mass is 16.5. The third-order valence-corrected chi connectivity index (χ3v) is 4.80.